The number of halogens is 2. The first kappa shape index (κ1) is 20.9. The number of carbonyl (C=O) groups is 1. The van der Waals surface area contributed by atoms with Crippen molar-refractivity contribution in [2.24, 2.45) is 0 Å². The molecule has 0 saturated heterocycles. The molecule has 0 aliphatic rings. The molecule has 0 heterocycles. The minimum Gasteiger partial charge on any atom is -0.478 e. The van der Waals surface area contributed by atoms with Crippen molar-refractivity contribution in [1.29, 1.82) is 5.26 Å². The first-order chi connectivity index (χ1) is 13.3. The molecule has 0 saturated carbocycles. The summed E-state index contributed by atoms with van der Waals surface area (Å²) < 4.78 is 39.0. The van der Waals surface area contributed by atoms with Crippen LogP contribution < -0.4 is 9.47 Å². The van der Waals surface area contributed by atoms with Crippen molar-refractivity contribution in [1.82, 2.24) is 0 Å². The summed E-state index contributed by atoms with van der Waals surface area (Å²) in [4.78, 5) is 10.5. The molecule has 1 unspecified atom stereocenters. The van der Waals surface area contributed by atoms with Crippen LogP contribution in [-0.2, 0) is 10.9 Å². The lowest BCUT2D eigenvalue weighted by Crippen LogP contribution is -2.22. The molecule has 1 N–H and O–H groups in total. The van der Waals surface area contributed by atoms with Crippen LogP contribution in [0.25, 0.3) is 6.08 Å². The van der Waals surface area contributed by atoms with Gasteiger partial charge in [0.05, 0.1) is 5.56 Å². The van der Waals surface area contributed by atoms with E-state index in [0.717, 1.165) is 12.5 Å². The molecule has 0 aromatic heterocycles. The van der Waals surface area contributed by atoms with Crippen LogP contribution in [0, 0.1) is 11.3 Å². The number of hydrogen-bond acceptors (Lipinski definition) is 4. The summed E-state index contributed by atoms with van der Waals surface area (Å²) in [5, 5.41) is 17.6. The van der Waals surface area contributed by atoms with Crippen LogP contribution in [0.5, 0.6) is 11.5 Å². The molecule has 7 heteroatoms. The van der Waals surface area contributed by atoms with Crippen molar-refractivity contribution < 1.29 is 28.2 Å². The third kappa shape index (κ3) is 6.09. The minimum atomic E-state index is -3.57. The first-order valence-corrected chi connectivity index (χ1v) is 8.58. The predicted octanol–water partition coefficient (Wildman–Crippen LogP) is 4.98. The van der Waals surface area contributed by atoms with Crippen LogP contribution in [0.1, 0.15) is 30.9 Å². The minimum absolute atomic E-state index is 0.0645. The van der Waals surface area contributed by atoms with Crippen LogP contribution >= 0.6 is 0 Å². The fraction of sp³-hybridized carbons (Fsp3) is 0.238. The Kier molecular flexibility index (Phi) is 7.10. The molecule has 0 spiro atoms. The lowest BCUT2D eigenvalue weighted by molar-refractivity contribution is -0.185. The third-order valence-electron chi connectivity index (χ3n) is 3.71. The number of carboxylic acid groups (broad SMARTS) is 1. The molecule has 2 aromatic rings. The van der Waals surface area contributed by atoms with Crippen molar-refractivity contribution in [2.45, 2.75) is 32.0 Å². The molecule has 0 fully saturated rings. The number of nitrogens with zero attached hydrogens (tertiary/aromatic N) is 1. The Bertz CT molecular complexity index is 855. The maximum atomic E-state index is 14.4. The summed E-state index contributed by atoms with van der Waals surface area (Å²) >= 11 is 0. The maximum absolute atomic E-state index is 14.4. The Morgan fingerprint density at radius 3 is 2.32 bits per heavy atom. The van der Waals surface area contributed by atoms with E-state index in [1.54, 1.807) is 0 Å². The van der Waals surface area contributed by atoms with Crippen LogP contribution in [-0.4, -0.2) is 17.2 Å². The number of carboxylic acids is 1. The molecule has 28 heavy (non-hydrogen) atoms. The number of aliphatic carboxylic acids is 1. The van der Waals surface area contributed by atoms with Crippen LogP contribution in [0.3, 0.4) is 0 Å². The zero-order valence-corrected chi connectivity index (χ0v) is 15.1. The molecule has 2 rings (SSSR count). The highest BCUT2D eigenvalue weighted by Gasteiger charge is 2.34. The Labute approximate surface area is 161 Å². The van der Waals surface area contributed by atoms with Crippen molar-refractivity contribution in [3.63, 3.8) is 0 Å². The van der Waals surface area contributed by atoms with E-state index < -0.39 is 18.2 Å². The standard InChI is InChI=1S/C21H19F2NO4/c1-2-3-19(14-24)27-17-11-7-16(8-12-17)21(22,23)28-18-9-4-15(5-10-18)6-13-20(25)26/h4-13,19H,2-3H2,1H3,(H,25,26)/b13-6+. The van der Waals surface area contributed by atoms with Crippen LogP contribution in [0.15, 0.2) is 54.6 Å². The lowest BCUT2D eigenvalue weighted by Gasteiger charge is -2.19. The molecule has 0 amide bonds. The molecule has 146 valence electrons. The third-order valence-corrected chi connectivity index (χ3v) is 3.71. The Hall–Kier alpha value is -3.40. The van der Waals surface area contributed by atoms with E-state index in [1.807, 2.05) is 13.0 Å². The van der Waals surface area contributed by atoms with Gasteiger partial charge in [-0.25, -0.2) is 4.79 Å². The monoisotopic (exact) mass is 387 g/mol. The quantitative estimate of drug-likeness (QED) is 0.614. The Morgan fingerprint density at radius 1 is 1.18 bits per heavy atom. The van der Waals surface area contributed by atoms with E-state index in [1.165, 1.54) is 54.6 Å². The van der Waals surface area contributed by atoms with Gasteiger partial charge in [-0.2, -0.15) is 14.0 Å². The molecule has 2 aromatic carbocycles. The number of rotatable bonds is 9. The molecule has 5 nitrogen and oxygen atoms in total. The van der Waals surface area contributed by atoms with E-state index in [-0.39, 0.29) is 11.3 Å². The first-order valence-electron chi connectivity index (χ1n) is 8.58. The maximum Gasteiger partial charge on any atom is 0.426 e. The summed E-state index contributed by atoms with van der Waals surface area (Å²) in [6.45, 7) is 1.92. The topological polar surface area (TPSA) is 79.5 Å². The smallest absolute Gasteiger partial charge is 0.426 e. The van der Waals surface area contributed by atoms with Gasteiger partial charge in [0.2, 0.25) is 0 Å². The van der Waals surface area contributed by atoms with Crippen molar-refractivity contribution >= 4 is 12.0 Å². The van der Waals surface area contributed by atoms with Gasteiger partial charge in [0, 0.05) is 6.08 Å². The zero-order chi connectivity index (χ0) is 20.6. The average Bonchev–Trinajstić information content (AvgIpc) is 2.67. The second kappa shape index (κ2) is 9.51. The predicted molar refractivity (Wildman–Crippen MR) is 99.0 cm³/mol. The van der Waals surface area contributed by atoms with Gasteiger partial charge in [0.15, 0.2) is 6.10 Å². The molecule has 0 radical (unpaired) electrons. The van der Waals surface area contributed by atoms with Crippen molar-refractivity contribution in [2.75, 3.05) is 0 Å². The SMILES string of the molecule is CCCC(C#N)Oc1ccc(C(F)(F)Oc2ccc(/C=C/C(=O)O)cc2)cc1. The highest BCUT2D eigenvalue weighted by molar-refractivity contribution is 5.85. The van der Waals surface area contributed by atoms with Gasteiger partial charge in [-0.1, -0.05) is 25.5 Å². The van der Waals surface area contributed by atoms with Gasteiger partial charge in [-0.15, -0.1) is 0 Å². The summed E-state index contributed by atoms with van der Waals surface area (Å²) in [7, 11) is 0. The zero-order valence-electron chi connectivity index (χ0n) is 15.1. The lowest BCUT2D eigenvalue weighted by atomic mass is 10.2. The van der Waals surface area contributed by atoms with Crippen molar-refractivity contribution in [3.8, 4) is 17.6 Å². The van der Waals surface area contributed by atoms with E-state index in [2.05, 4.69) is 0 Å². The number of alkyl halides is 2. The van der Waals surface area contributed by atoms with Gasteiger partial charge >= 0.3 is 12.1 Å². The van der Waals surface area contributed by atoms with Crippen LogP contribution in [0.2, 0.25) is 0 Å². The molecule has 1 atom stereocenters. The van der Waals surface area contributed by atoms with Gasteiger partial charge in [-0.05, 0) is 54.5 Å². The van der Waals surface area contributed by atoms with E-state index >= 15 is 0 Å². The van der Waals surface area contributed by atoms with Crippen molar-refractivity contribution in [3.05, 3.63) is 65.7 Å². The van der Waals surface area contributed by atoms with E-state index in [4.69, 9.17) is 19.8 Å². The molecule has 0 aliphatic carbocycles. The average molecular weight is 387 g/mol. The Balaban J connectivity index is 2.05. The van der Waals surface area contributed by atoms with Gasteiger partial charge in [0.1, 0.15) is 17.6 Å². The highest BCUT2D eigenvalue weighted by atomic mass is 19.3. The number of hydrogen-bond donors (Lipinski definition) is 1. The number of ether oxygens (including phenoxy) is 2. The fourth-order valence-corrected chi connectivity index (χ4v) is 2.33. The van der Waals surface area contributed by atoms with E-state index in [9.17, 15) is 13.6 Å². The normalized spacial score (nSPS) is 12.4. The van der Waals surface area contributed by atoms with Gasteiger partial charge < -0.3 is 14.6 Å². The van der Waals surface area contributed by atoms with Gasteiger partial charge in [-0.3, -0.25) is 0 Å². The summed E-state index contributed by atoms with van der Waals surface area (Å²) in [6, 6.07) is 12.7. The summed E-state index contributed by atoms with van der Waals surface area (Å²) in [5.41, 5.74) is 0.178. The summed E-state index contributed by atoms with van der Waals surface area (Å²) in [6.07, 6.45) is -0.583. The Morgan fingerprint density at radius 2 is 1.79 bits per heavy atom. The van der Waals surface area contributed by atoms with Gasteiger partial charge in [0.25, 0.3) is 0 Å². The second-order valence-corrected chi connectivity index (χ2v) is 5.91. The molecular weight excluding hydrogens is 368 g/mol. The highest BCUT2D eigenvalue weighted by Crippen LogP contribution is 2.32. The number of benzene rings is 2. The molecule has 0 bridgehead atoms. The van der Waals surface area contributed by atoms with Crippen LogP contribution in [0.4, 0.5) is 8.78 Å². The second-order valence-electron chi connectivity index (χ2n) is 5.91. The largest absolute Gasteiger partial charge is 0.478 e. The number of nitriles is 1. The molecule has 0 aliphatic heterocycles. The van der Waals surface area contributed by atoms with E-state index in [0.29, 0.717) is 17.7 Å². The molecular formula is C21H19F2NO4. The fourth-order valence-electron chi connectivity index (χ4n) is 2.33. The summed E-state index contributed by atoms with van der Waals surface area (Å²) in [5.74, 6) is -0.838.